The van der Waals surface area contributed by atoms with Crippen molar-refractivity contribution in [2.75, 3.05) is 25.1 Å². The van der Waals surface area contributed by atoms with Crippen molar-refractivity contribution in [3.63, 3.8) is 0 Å². The highest BCUT2D eigenvalue weighted by molar-refractivity contribution is 7.99. The van der Waals surface area contributed by atoms with E-state index in [0.29, 0.717) is 0 Å². The fourth-order valence-electron chi connectivity index (χ4n) is 1.26. The summed E-state index contributed by atoms with van der Waals surface area (Å²) >= 11 is 1.54. The van der Waals surface area contributed by atoms with Crippen molar-refractivity contribution in [1.29, 1.82) is 0 Å². The first kappa shape index (κ1) is 15.3. The van der Waals surface area contributed by atoms with Crippen LogP contribution in [0.5, 0.6) is 0 Å². The van der Waals surface area contributed by atoms with Crippen LogP contribution in [0.25, 0.3) is 0 Å². The third-order valence-corrected chi connectivity index (χ3v) is 5.20. The Labute approximate surface area is 112 Å². The number of nitrogens with two attached hydrogens (primary N) is 1. The number of benzene rings is 1. The zero-order valence-electron chi connectivity index (χ0n) is 10.4. The second kappa shape index (κ2) is 6.42. The van der Waals surface area contributed by atoms with Gasteiger partial charge in [0.1, 0.15) is 4.90 Å². The van der Waals surface area contributed by atoms with Gasteiger partial charge >= 0.3 is 0 Å². The lowest BCUT2D eigenvalue weighted by molar-refractivity contribution is 0.250. The van der Waals surface area contributed by atoms with E-state index in [-0.39, 0.29) is 23.1 Å². The number of anilines is 1. The standard InChI is InChI=1S/C11H18N2O3S2/c1-8(6-14)7-17-9-3-4-11(10(12)5-9)18(15,16)13-2/h3-5,8,13-14H,6-7,12H2,1-2H3. The lowest BCUT2D eigenvalue weighted by Gasteiger charge is -2.10. The van der Waals surface area contributed by atoms with Crippen molar-refractivity contribution in [2.45, 2.75) is 16.7 Å². The molecule has 0 fully saturated rings. The first-order chi connectivity index (χ1) is 8.40. The topological polar surface area (TPSA) is 92.4 Å². The molecule has 0 radical (unpaired) electrons. The van der Waals surface area contributed by atoms with Gasteiger partial charge in [0.25, 0.3) is 0 Å². The second-order valence-electron chi connectivity index (χ2n) is 4.01. The van der Waals surface area contributed by atoms with E-state index in [2.05, 4.69) is 4.72 Å². The van der Waals surface area contributed by atoms with E-state index in [4.69, 9.17) is 10.8 Å². The molecule has 102 valence electrons. The summed E-state index contributed by atoms with van der Waals surface area (Å²) in [6.07, 6.45) is 0. The maximum absolute atomic E-state index is 11.6. The van der Waals surface area contributed by atoms with Crippen LogP contribution in [0, 0.1) is 5.92 Å². The van der Waals surface area contributed by atoms with Gasteiger partial charge < -0.3 is 10.8 Å². The Morgan fingerprint density at radius 2 is 2.17 bits per heavy atom. The van der Waals surface area contributed by atoms with Crippen molar-refractivity contribution in [3.8, 4) is 0 Å². The fraction of sp³-hybridized carbons (Fsp3) is 0.455. The molecule has 1 rings (SSSR count). The van der Waals surface area contributed by atoms with Crippen LogP contribution in [-0.4, -0.2) is 32.9 Å². The van der Waals surface area contributed by atoms with E-state index in [9.17, 15) is 8.42 Å². The number of aliphatic hydroxyl groups is 1. The molecular weight excluding hydrogens is 272 g/mol. The van der Waals surface area contributed by atoms with E-state index in [1.165, 1.54) is 24.9 Å². The number of nitrogens with one attached hydrogen (secondary N) is 1. The minimum absolute atomic E-state index is 0.0876. The molecule has 0 amide bonds. The average Bonchev–Trinajstić information content (AvgIpc) is 2.35. The second-order valence-corrected chi connectivity index (χ2v) is 6.95. The van der Waals surface area contributed by atoms with Crippen molar-refractivity contribution in [3.05, 3.63) is 18.2 Å². The minimum atomic E-state index is -3.51. The number of hydrogen-bond acceptors (Lipinski definition) is 5. The third kappa shape index (κ3) is 3.88. The molecule has 1 unspecified atom stereocenters. The molecule has 0 bridgehead atoms. The van der Waals surface area contributed by atoms with Gasteiger partial charge in [-0.15, -0.1) is 11.8 Å². The average molecular weight is 290 g/mol. The van der Waals surface area contributed by atoms with Crippen LogP contribution in [0.15, 0.2) is 28.0 Å². The fourth-order valence-corrected chi connectivity index (χ4v) is 3.06. The maximum Gasteiger partial charge on any atom is 0.242 e. The van der Waals surface area contributed by atoms with E-state index in [0.717, 1.165) is 10.6 Å². The third-order valence-electron chi connectivity index (χ3n) is 2.39. The maximum atomic E-state index is 11.6. The largest absolute Gasteiger partial charge is 0.398 e. The van der Waals surface area contributed by atoms with Crippen molar-refractivity contribution in [2.24, 2.45) is 5.92 Å². The highest BCUT2D eigenvalue weighted by Crippen LogP contribution is 2.26. The van der Waals surface area contributed by atoms with E-state index in [1.807, 2.05) is 6.92 Å². The first-order valence-electron chi connectivity index (χ1n) is 5.47. The van der Waals surface area contributed by atoms with Gasteiger partial charge in [-0.05, 0) is 31.2 Å². The predicted octanol–water partition coefficient (Wildman–Crippen LogP) is 0.897. The molecule has 0 aliphatic heterocycles. The predicted molar refractivity (Wildman–Crippen MR) is 74.1 cm³/mol. The molecule has 1 aromatic rings. The molecule has 0 saturated heterocycles. The minimum Gasteiger partial charge on any atom is -0.398 e. The smallest absolute Gasteiger partial charge is 0.242 e. The molecule has 0 spiro atoms. The zero-order chi connectivity index (χ0) is 13.8. The van der Waals surface area contributed by atoms with Gasteiger partial charge in [-0.3, -0.25) is 0 Å². The molecule has 0 aromatic heterocycles. The van der Waals surface area contributed by atoms with Gasteiger partial charge in [0.2, 0.25) is 10.0 Å². The van der Waals surface area contributed by atoms with Crippen molar-refractivity contribution in [1.82, 2.24) is 4.72 Å². The summed E-state index contributed by atoms with van der Waals surface area (Å²) in [6.45, 7) is 2.07. The highest BCUT2D eigenvalue weighted by Gasteiger charge is 2.15. The molecule has 1 atom stereocenters. The van der Waals surface area contributed by atoms with Gasteiger partial charge in [-0.2, -0.15) is 0 Å². The molecule has 0 aliphatic rings. The number of hydrogen-bond donors (Lipinski definition) is 3. The van der Waals surface area contributed by atoms with Crippen LogP contribution in [-0.2, 0) is 10.0 Å². The Bertz CT molecular complexity index is 503. The number of thioether (sulfide) groups is 1. The molecule has 18 heavy (non-hydrogen) atoms. The van der Waals surface area contributed by atoms with Gasteiger partial charge in [0.05, 0.1) is 5.69 Å². The van der Waals surface area contributed by atoms with Crippen LogP contribution in [0.1, 0.15) is 6.92 Å². The number of aliphatic hydroxyl groups excluding tert-OH is 1. The molecule has 4 N–H and O–H groups in total. The molecule has 0 aliphatic carbocycles. The lowest BCUT2D eigenvalue weighted by Crippen LogP contribution is -2.19. The summed E-state index contributed by atoms with van der Waals surface area (Å²) in [5.74, 6) is 0.950. The quantitative estimate of drug-likeness (QED) is 0.535. The first-order valence-corrected chi connectivity index (χ1v) is 7.94. The van der Waals surface area contributed by atoms with Gasteiger partial charge in [-0.1, -0.05) is 6.92 Å². The van der Waals surface area contributed by atoms with Crippen LogP contribution < -0.4 is 10.5 Å². The van der Waals surface area contributed by atoms with Gasteiger partial charge in [0, 0.05) is 17.3 Å². The number of nitrogen functional groups attached to an aromatic ring is 1. The summed E-state index contributed by atoms with van der Waals surface area (Å²) in [5.41, 5.74) is 5.97. The van der Waals surface area contributed by atoms with Gasteiger partial charge in [0.15, 0.2) is 0 Å². The molecular formula is C11H18N2O3S2. The Morgan fingerprint density at radius 3 is 2.67 bits per heavy atom. The van der Waals surface area contributed by atoms with Crippen LogP contribution in [0.4, 0.5) is 5.69 Å². The monoisotopic (exact) mass is 290 g/mol. The van der Waals surface area contributed by atoms with Crippen LogP contribution in [0.2, 0.25) is 0 Å². The molecule has 0 heterocycles. The molecule has 1 aromatic carbocycles. The highest BCUT2D eigenvalue weighted by atomic mass is 32.2. The number of sulfonamides is 1. The SMILES string of the molecule is CNS(=O)(=O)c1ccc(SCC(C)CO)cc1N. The Balaban J connectivity index is 2.87. The normalized spacial score (nSPS) is 13.5. The summed E-state index contributed by atoms with van der Waals surface area (Å²) in [7, 11) is -2.16. The van der Waals surface area contributed by atoms with E-state index in [1.54, 1.807) is 12.1 Å². The van der Waals surface area contributed by atoms with Crippen molar-refractivity contribution < 1.29 is 13.5 Å². The van der Waals surface area contributed by atoms with E-state index < -0.39 is 10.0 Å². The zero-order valence-corrected chi connectivity index (χ0v) is 12.0. The Kier molecular flexibility index (Phi) is 5.46. The Hall–Kier alpha value is -0.760. The molecule has 0 saturated carbocycles. The van der Waals surface area contributed by atoms with Gasteiger partial charge in [-0.25, -0.2) is 13.1 Å². The summed E-state index contributed by atoms with van der Waals surface area (Å²) in [6, 6.07) is 4.85. The summed E-state index contributed by atoms with van der Waals surface area (Å²) < 4.78 is 25.5. The van der Waals surface area contributed by atoms with Crippen LogP contribution >= 0.6 is 11.8 Å². The molecule has 5 nitrogen and oxygen atoms in total. The summed E-state index contributed by atoms with van der Waals surface area (Å²) in [4.78, 5) is 0.979. The van der Waals surface area contributed by atoms with Crippen LogP contribution in [0.3, 0.4) is 0 Å². The number of rotatable bonds is 6. The molecule has 7 heteroatoms. The van der Waals surface area contributed by atoms with Crippen molar-refractivity contribution >= 4 is 27.5 Å². The summed E-state index contributed by atoms with van der Waals surface area (Å²) in [5, 5.41) is 8.92. The Morgan fingerprint density at radius 1 is 1.50 bits per heavy atom. The lowest BCUT2D eigenvalue weighted by atomic mass is 10.2. The van der Waals surface area contributed by atoms with E-state index >= 15 is 0 Å².